The van der Waals surface area contributed by atoms with Crippen molar-refractivity contribution in [3.05, 3.63) is 23.8 Å². The molecule has 1 aromatic rings. The van der Waals surface area contributed by atoms with Gasteiger partial charge in [0.1, 0.15) is 0 Å². The molecule has 0 aliphatic carbocycles. The molecule has 1 aliphatic rings. The van der Waals surface area contributed by atoms with Gasteiger partial charge in [-0.2, -0.15) is 0 Å². The van der Waals surface area contributed by atoms with Gasteiger partial charge in [-0.3, -0.25) is 4.79 Å². The van der Waals surface area contributed by atoms with Crippen molar-refractivity contribution in [2.24, 2.45) is 0 Å². The zero-order valence-electron chi connectivity index (χ0n) is 14.2. The molecule has 1 heterocycles. The van der Waals surface area contributed by atoms with Gasteiger partial charge in [0.2, 0.25) is 5.91 Å². The smallest absolute Gasteiger partial charge is 0.319 e. The summed E-state index contributed by atoms with van der Waals surface area (Å²) >= 11 is 0. The summed E-state index contributed by atoms with van der Waals surface area (Å²) in [6, 6.07) is 5.40. The lowest BCUT2D eigenvalue weighted by molar-refractivity contribution is -0.119. The van der Waals surface area contributed by atoms with Crippen LogP contribution in [0.25, 0.3) is 0 Å². The van der Waals surface area contributed by atoms with Crippen molar-refractivity contribution >= 4 is 23.3 Å². The zero-order chi connectivity index (χ0) is 17.0. The van der Waals surface area contributed by atoms with E-state index in [1.165, 1.54) is 0 Å². The van der Waals surface area contributed by atoms with Crippen molar-refractivity contribution in [3.63, 3.8) is 0 Å². The lowest BCUT2D eigenvalue weighted by atomic mass is 10.0. The molecule has 1 aromatic carbocycles. The van der Waals surface area contributed by atoms with Crippen LogP contribution in [0.1, 0.15) is 32.8 Å². The number of benzene rings is 1. The first-order valence-corrected chi connectivity index (χ1v) is 7.81. The summed E-state index contributed by atoms with van der Waals surface area (Å²) in [5, 5.41) is 5.70. The second kappa shape index (κ2) is 7.00. The lowest BCUT2D eigenvalue weighted by Crippen LogP contribution is -2.43. The summed E-state index contributed by atoms with van der Waals surface area (Å²) < 4.78 is 5.07. The fourth-order valence-electron chi connectivity index (χ4n) is 2.57. The average molecular weight is 319 g/mol. The van der Waals surface area contributed by atoms with E-state index >= 15 is 0 Å². The first-order chi connectivity index (χ1) is 10.8. The number of fused-ring (bicyclic) bond motifs is 1. The van der Waals surface area contributed by atoms with Crippen LogP contribution in [0.3, 0.4) is 0 Å². The minimum absolute atomic E-state index is 0.112. The highest BCUT2D eigenvalue weighted by molar-refractivity contribution is 5.97. The second-order valence-electron chi connectivity index (χ2n) is 6.71. The molecule has 0 spiro atoms. The molecular formula is C17H25N3O3. The Bertz CT molecular complexity index is 593. The first-order valence-electron chi connectivity index (χ1n) is 7.81. The highest BCUT2D eigenvalue weighted by atomic mass is 16.5. The molecule has 2 rings (SSSR count). The minimum atomic E-state index is -0.290. The molecule has 0 bridgehead atoms. The zero-order valence-corrected chi connectivity index (χ0v) is 14.2. The summed E-state index contributed by atoms with van der Waals surface area (Å²) in [7, 11) is 1.62. The third-order valence-corrected chi connectivity index (χ3v) is 3.54. The van der Waals surface area contributed by atoms with Gasteiger partial charge in [0.15, 0.2) is 0 Å². The van der Waals surface area contributed by atoms with Crippen LogP contribution in [0.4, 0.5) is 16.2 Å². The number of urea groups is 1. The van der Waals surface area contributed by atoms with Gasteiger partial charge in [-0.1, -0.05) is 0 Å². The number of amides is 3. The SMILES string of the molecule is COCCN1C(=O)CCc2cc(NC(=O)NC(C)(C)C)ccc21. The van der Waals surface area contributed by atoms with Crippen LogP contribution in [0, 0.1) is 0 Å². The number of ether oxygens (including phenoxy) is 1. The third kappa shape index (κ3) is 4.69. The van der Waals surface area contributed by atoms with Crippen molar-refractivity contribution in [2.75, 3.05) is 30.5 Å². The van der Waals surface area contributed by atoms with E-state index in [4.69, 9.17) is 4.74 Å². The summed E-state index contributed by atoms with van der Waals surface area (Å²) in [6.45, 7) is 6.83. The lowest BCUT2D eigenvalue weighted by Gasteiger charge is -2.29. The van der Waals surface area contributed by atoms with E-state index in [0.717, 1.165) is 16.9 Å². The number of methoxy groups -OCH3 is 1. The maximum atomic E-state index is 12.1. The number of nitrogens with one attached hydrogen (secondary N) is 2. The van der Waals surface area contributed by atoms with Crippen LogP contribution in [-0.2, 0) is 16.0 Å². The van der Waals surface area contributed by atoms with Gasteiger partial charge in [0.05, 0.1) is 6.61 Å². The Hall–Kier alpha value is -2.08. The Morgan fingerprint density at radius 1 is 1.30 bits per heavy atom. The number of anilines is 2. The standard InChI is InChI=1S/C17H25N3O3/c1-17(2,3)19-16(22)18-13-6-7-14-12(11-13)5-8-15(21)20(14)9-10-23-4/h6-7,11H,5,8-10H2,1-4H3,(H2,18,19,22). The molecule has 0 atom stereocenters. The molecule has 0 radical (unpaired) electrons. The van der Waals surface area contributed by atoms with E-state index < -0.39 is 0 Å². The van der Waals surface area contributed by atoms with Gasteiger partial charge >= 0.3 is 6.03 Å². The van der Waals surface area contributed by atoms with E-state index in [9.17, 15) is 9.59 Å². The first kappa shape index (κ1) is 17.3. The highest BCUT2D eigenvalue weighted by Crippen LogP contribution is 2.30. The van der Waals surface area contributed by atoms with Gasteiger partial charge in [0.25, 0.3) is 0 Å². The summed E-state index contributed by atoms with van der Waals surface area (Å²) in [5.74, 6) is 0.112. The molecule has 1 aliphatic heterocycles. The van der Waals surface area contributed by atoms with Gasteiger partial charge in [-0.15, -0.1) is 0 Å². The molecule has 3 amide bonds. The van der Waals surface area contributed by atoms with Crippen molar-refractivity contribution in [2.45, 2.75) is 39.2 Å². The van der Waals surface area contributed by atoms with E-state index in [1.54, 1.807) is 12.0 Å². The second-order valence-corrected chi connectivity index (χ2v) is 6.71. The van der Waals surface area contributed by atoms with Crippen LogP contribution in [-0.4, -0.2) is 37.7 Å². The fourth-order valence-corrected chi connectivity index (χ4v) is 2.57. The molecule has 2 N–H and O–H groups in total. The molecule has 23 heavy (non-hydrogen) atoms. The third-order valence-electron chi connectivity index (χ3n) is 3.54. The molecule has 0 fully saturated rings. The number of rotatable bonds is 4. The largest absolute Gasteiger partial charge is 0.383 e. The highest BCUT2D eigenvalue weighted by Gasteiger charge is 2.24. The molecule has 0 aromatic heterocycles. The van der Waals surface area contributed by atoms with E-state index in [0.29, 0.717) is 26.0 Å². The molecule has 6 nitrogen and oxygen atoms in total. The monoisotopic (exact) mass is 319 g/mol. The Labute approximate surface area is 137 Å². The van der Waals surface area contributed by atoms with Crippen LogP contribution < -0.4 is 15.5 Å². The Kier molecular flexibility index (Phi) is 5.26. The number of nitrogens with zero attached hydrogens (tertiary/aromatic N) is 1. The van der Waals surface area contributed by atoms with Gasteiger partial charge in [0, 0.05) is 37.0 Å². The number of carbonyl (C=O) groups is 2. The number of hydrogen-bond donors (Lipinski definition) is 2. The molecule has 0 saturated carbocycles. The maximum Gasteiger partial charge on any atom is 0.319 e. The van der Waals surface area contributed by atoms with Crippen molar-refractivity contribution in [1.82, 2.24) is 5.32 Å². The molecule has 6 heteroatoms. The number of carbonyl (C=O) groups excluding carboxylic acids is 2. The van der Waals surface area contributed by atoms with Gasteiger partial charge in [-0.25, -0.2) is 4.79 Å². The van der Waals surface area contributed by atoms with E-state index in [1.807, 2.05) is 39.0 Å². The molecule has 126 valence electrons. The van der Waals surface area contributed by atoms with Crippen LogP contribution in [0.5, 0.6) is 0 Å². The molecule has 0 saturated heterocycles. The maximum absolute atomic E-state index is 12.1. The Morgan fingerprint density at radius 2 is 2.04 bits per heavy atom. The number of aryl methyl sites for hydroxylation is 1. The summed E-state index contributed by atoms with van der Waals surface area (Å²) in [6.07, 6.45) is 1.17. The van der Waals surface area contributed by atoms with Crippen LogP contribution in [0.2, 0.25) is 0 Å². The predicted octanol–water partition coefficient (Wildman–Crippen LogP) is 2.53. The average Bonchev–Trinajstić information content (AvgIpc) is 2.44. The minimum Gasteiger partial charge on any atom is -0.383 e. The topological polar surface area (TPSA) is 70.7 Å². The Morgan fingerprint density at radius 3 is 2.70 bits per heavy atom. The summed E-state index contributed by atoms with van der Waals surface area (Å²) in [5.41, 5.74) is 2.41. The summed E-state index contributed by atoms with van der Waals surface area (Å²) in [4.78, 5) is 25.8. The predicted molar refractivity (Wildman–Crippen MR) is 90.9 cm³/mol. The van der Waals surface area contributed by atoms with Gasteiger partial charge < -0.3 is 20.3 Å². The Balaban J connectivity index is 2.13. The fraction of sp³-hybridized carbons (Fsp3) is 0.529. The quantitative estimate of drug-likeness (QED) is 0.896. The van der Waals surface area contributed by atoms with Crippen molar-refractivity contribution < 1.29 is 14.3 Å². The van der Waals surface area contributed by atoms with Crippen LogP contribution >= 0.6 is 0 Å². The normalized spacial score (nSPS) is 14.4. The van der Waals surface area contributed by atoms with Crippen molar-refractivity contribution in [1.29, 1.82) is 0 Å². The van der Waals surface area contributed by atoms with Crippen LogP contribution in [0.15, 0.2) is 18.2 Å². The van der Waals surface area contributed by atoms with E-state index in [-0.39, 0.29) is 17.5 Å². The van der Waals surface area contributed by atoms with E-state index in [2.05, 4.69) is 10.6 Å². The van der Waals surface area contributed by atoms with Gasteiger partial charge in [-0.05, 0) is 51.0 Å². The molecule has 0 unspecified atom stereocenters. The molecular weight excluding hydrogens is 294 g/mol. The number of hydrogen-bond acceptors (Lipinski definition) is 3. The van der Waals surface area contributed by atoms with Crippen molar-refractivity contribution in [3.8, 4) is 0 Å².